The van der Waals surface area contributed by atoms with Crippen molar-refractivity contribution in [3.63, 3.8) is 0 Å². The Bertz CT molecular complexity index is 341. The third kappa shape index (κ3) is 1.34. The monoisotopic (exact) mass is 199 g/mol. The molecule has 3 N–H and O–H groups in total. The molecular formula is C9H10ClNO2. The Hall–Kier alpha value is -0.930. The summed E-state index contributed by atoms with van der Waals surface area (Å²) in [6.45, 7) is 0.530. The summed E-state index contributed by atoms with van der Waals surface area (Å²) in [4.78, 5) is 0. The van der Waals surface area contributed by atoms with Crippen molar-refractivity contribution < 1.29 is 9.84 Å². The fourth-order valence-electron chi connectivity index (χ4n) is 1.45. The molecule has 0 fully saturated rings. The molecule has 0 bridgehead atoms. The Morgan fingerprint density at radius 1 is 1.54 bits per heavy atom. The molecule has 3 nitrogen and oxygen atoms in total. The van der Waals surface area contributed by atoms with Crippen molar-refractivity contribution in [3.05, 3.63) is 22.7 Å². The van der Waals surface area contributed by atoms with Gasteiger partial charge in [0.2, 0.25) is 0 Å². The van der Waals surface area contributed by atoms with E-state index in [1.807, 2.05) is 0 Å². The van der Waals surface area contributed by atoms with Crippen LogP contribution in [0.25, 0.3) is 0 Å². The molecule has 0 spiro atoms. The van der Waals surface area contributed by atoms with Gasteiger partial charge in [-0.2, -0.15) is 0 Å². The van der Waals surface area contributed by atoms with Crippen LogP contribution < -0.4 is 10.5 Å². The Labute approximate surface area is 81.1 Å². The number of aromatic hydroxyl groups is 1. The molecule has 0 saturated carbocycles. The second-order valence-electron chi connectivity index (χ2n) is 3.06. The number of fused-ring (bicyclic) bond motifs is 1. The van der Waals surface area contributed by atoms with Crippen molar-refractivity contribution in [2.24, 2.45) is 5.73 Å². The number of ether oxygens (including phenoxy) is 1. The molecule has 0 amide bonds. The molecule has 1 aliphatic heterocycles. The average Bonchev–Trinajstić information content (AvgIpc) is 2.12. The quantitative estimate of drug-likeness (QED) is 0.670. The highest BCUT2D eigenvalue weighted by atomic mass is 35.5. The van der Waals surface area contributed by atoms with Gasteiger partial charge in [0.25, 0.3) is 0 Å². The van der Waals surface area contributed by atoms with E-state index >= 15 is 0 Å². The largest absolute Gasteiger partial charge is 0.503 e. The fourth-order valence-corrected chi connectivity index (χ4v) is 1.60. The zero-order valence-corrected chi connectivity index (χ0v) is 7.71. The molecule has 0 saturated heterocycles. The second-order valence-corrected chi connectivity index (χ2v) is 3.47. The van der Waals surface area contributed by atoms with Gasteiger partial charge in [-0.25, -0.2) is 0 Å². The first-order chi connectivity index (χ1) is 6.20. The van der Waals surface area contributed by atoms with E-state index in [1.165, 1.54) is 0 Å². The topological polar surface area (TPSA) is 55.5 Å². The van der Waals surface area contributed by atoms with Gasteiger partial charge >= 0.3 is 0 Å². The molecule has 1 aliphatic rings. The SMILES string of the molecule is N[C@@H]1CCOc2c1ccc(Cl)c2O. The summed E-state index contributed by atoms with van der Waals surface area (Å²) in [5.74, 6) is 0.431. The smallest absolute Gasteiger partial charge is 0.177 e. The first-order valence-corrected chi connectivity index (χ1v) is 4.47. The lowest BCUT2D eigenvalue weighted by Crippen LogP contribution is -2.20. The third-order valence-corrected chi connectivity index (χ3v) is 2.49. The van der Waals surface area contributed by atoms with Gasteiger partial charge in [0.1, 0.15) is 0 Å². The van der Waals surface area contributed by atoms with Crippen LogP contribution in [0.4, 0.5) is 0 Å². The van der Waals surface area contributed by atoms with Gasteiger partial charge in [-0.15, -0.1) is 0 Å². The summed E-state index contributed by atoms with van der Waals surface area (Å²) < 4.78 is 5.29. The van der Waals surface area contributed by atoms with Crippen molar-refractivity contribution in [2.75, 3.05) is 6.61 Å². The molecule has 1 aromatic rings. The van der Waals surface area contributed by atoms with Crippen LogP contribution in [-0.4, -0.2) is 11.7 Å². The molecular weight excluding hydrogens is 190 g/mol. The second kappa shape index (κ2) is 3.09. The fraction of sp³-hybridized carbons (Fsp3) is 0.333. The minimum absolute atomic E-state index is 0.00526. The highest BCUT2D eigenvalue weighted by Crippen LogP contribution is 2.41. The van der Waals surface area contributed by atoms with E-state index in [1.54, 1.807) is 12.1 Å². The van der Waals surface area contributed by atoms with Crippen LogP contribution >= 0.6 is 11.6 Å². The summed E-state index contributed by atoms with van der Waals surface area (Å²) in [5.41, 5.74) is 6.66. The standard InChI is InChI=1S/C9H10ClNO2/c10-6-2-1-5-7(11)3-4-13-9(5)8(6)12/h1-2,7,12H,3-4,11H2/t7-/m1/s1. The van der Waals surface area contributed by atoms with Gasteiger partial charge in [0.15, 0.2) is 11.5 Å². The van der Waals surface area contributed by atoms with Gasteiger partial charge in [0, 0.05) is 18.0 Å². The summed E-state index contributed by atoms with van der Waals surface area (Å²) in [7, 11) is 0. The molecule has 1 heterocycles. The Kier molecular flexibility index (Phi) is 2.06. The predicted molar refractivity (Wildman–Crippen MR) is 50.2 cm³/mol. The molecule has 2 rings (SSSR count). The Morgan fingerprint density at radius 3 is 3.08 bits per heavy atom. The van der Waals surface area contributed by atoms with E-state index in [0.717, 1.165) is 12.0 Å². The highest BCUT2D eigenvalue weighted by Gasteiger charge is 2.22. The van der Waals surface area contributed by atoms with E-state index in [0.29, 0.717) is 17.4 Å². The van der Waals surface area contributed by atoms with Crippen molar-refractivity contribution in [2.45, 2.75) is 12.5 Å². The van der Waals surface area contributed by atoms with Crippen LogP contribution in [0.1, 0.15) is 18.0 Å². The molecule has 0 radical (unpaired) electrons. The number of nitrogens with two attached hydrogens (primary N) is 1. The minimum atomic E-state index is -0.0630. The van der Waals surface area contributed by atoms with Crippen LogP contribution in [0.2, 0.25) is 5.02 Å². The lowest BCUT2D eigenvalue weighted by Gasteiger charge is -2.23. The van der Waals surface area contributed by atoms with E-state index in [-0.39, 0.29) is 11.8 Å². The van der Waals surface area contributed by atoms with Crippen LogP contribution in [0.3, 0.4) is 0 Å². The lowest BCUT2D eigenvalue weighted by atomic mass is 10.0. The van der Waals surface area contributed by atoms with Crippen molar-refractivity contribution in [1.82, 2.24) is 0 Å². The third-order valence-electron chi connectivity index (χ3n) is 2.19. The zero-order chi connectivity index (χ0) is 9.42. The van der Waals surface area contributed by atoms with E-state index in [4.69, 9.17) is 22.1 Å². The number of hydrogen-bond donors (Lipinski definition) is 2. The van der Waals surface area contributed by atoms with E-state index < -0.39 is 0 Å². The van der Waals surface area contributed by atoms with Crippen LogP contribution in [-0.2, 0) is 0 Å². The normalized spacial score (nSPS) is 20.6. The summed E-state index contributed by atoms with van der Waals surface area (Å²) in [5, 5.41) is 9.85. The Morgan fingerprint density at radius 2 is 2.31 bits per heavy atom. The first-order valence-electron chi connectivity index (χ1n) is 4.10. The maximum atomic E-state index is 9.55. The predicted octanol–water partition coefficient (Wildman–Crippen LogP) is 1.83. The van der Waals surface area contributed by atoms with Crippen molar-refractivity contribution in [1.29, 1.82) is 0 Å². The number of phenols is 1. The average molecular weight is 200 g/mol. The van der Waals surface area contributed by atoms with E-state index in [9.17, 15) is 5.11 Å². The van der Waals surface area contributed by atoms with Crippen LogP contribution in [0.5, 0.6) is 11.5 Å². The molecule has 4 heteroatoms. The molecule has 13 heavy (non-hydrogen) atoms. The number of rotatable bonds is 0. The minimum Gasteiger partial charge on any atom is -0.503 e. The first kappa shape index (κ1) is 8.66. The number of halogens is 1. The zero-order valence-electron chi connectivity index (χ0n) is 6.96. The number of phenolic OH excluding ortho intramolecular Hbond substituents is 1. The molecule has 0 unspecified atom stereocenters. The maximum absolute atomic E-state index is 9.55. The highest BCUT2D eigenvalue weighted by molar-refractivity contribution is 6.32. The summed E-state index contributed by atoms with van der Waals surface area (Å²) in [6.07, 6.45) is 0.772. The molecule has 0 aromatic heterocycles. The number of hydrogen-bond acceptors (Lipinski definition) is 3. The molecule has 0 aliphatic carbocycles. The van der Waals surface area contributed by atoms with Crippen LogP contribution in [0.15, 0.2) is 12.1 Å². The van der Waals surface area contributed by atoms with Gasteiger partial charge < -0.3 is 15.6 Å². The van der Waals surface area contributed by atoms with Gasteiger partial charge in [0.05, 0.1) is 11.6 Å². The maximum Gasteiger partial charge on any atom is 0.177 e. The Balaban J connectivity index is 2.56. The summed E-state index contributed by atoms with van der Waals surface area (Å²) in [6, 6.07) is 3.36. The van der Waals surface area contributed by atoms with Gasteiger partial charge in [-0.3, -0.25) is 0 Å². The van der Waals surface area contributed by atoms with Crippen LogP contribution in [0, 0.1) is 0 Å². The van der Waals surface area contributed by atoms with Gasteiger partial charge in [-0.1, -0.05) is 17.7 Å². The molecule has 70 valence electrons. The van der Waals surface area contributed by atoms with Crippen molar-refractivity contribution in [3.8, 4) is 11.5 Å². The number of benzene rings is 1. The van der Waals surface area contributed by atoms with E-state index in [2.05, 4.69) is 0 Å². The lowest BCUT2D eigenvalue weighted by molar-refractivity contribution is 0.255. The molecule has 1 atom stereocenters. The summed E-state index contributed by atoms with van der Waals surface area (Å²) >= 11 is 5.72. The van der Waals surface area contributed by atoms with Crippen molar-refractivity contribution >= 4 is 11.6 Å². The van der Waals surface area contributed by atoms with Gasteiger partial charge in [-0.05, 0) is 6.07 Å². The molecule has 1 aromatic carbocycles.